The van der Waals surface area contributed by atoms with Crippen LogP contribution in [-0.2, 0) is 55.6 Å². The molecule has 0 bridgehead atoms. The quantitative estimate of drug-likeness (QED) is 0.0160. The van der Waals surface area contributed by atoms with Crippen LogP contribution in [0.3, 0.4) is 0 Å². The topological polar surface area (TPSA) is 320 Å². The lowest BCUT2D eigenvalue weighted by molar-refractivity contribution is -0.213. The molecule has 0 aliphatic heterocycles. The van der Waals surface area contributed by atoms with Gasteiger partial charge in [0.05, 0.1) is 6.61 Å². The van der Waals surface area contributed by atoms with E-state index in [0.29, 0.717) is 31.5 Å². The molecule has 1 rings (SSSR count). The highest BCUT2D eigenvalue weighted by atomic mass is 31.2. The number of aliphatic hydroxyl groups excluding tert-OH is 3. The maximum absolute atomic E-state index is 13.1. The van der Waals surface area contributed by atoms with Crippen molar-refractivity contribution in [2.45, 2.75) is 262 Å². The average Bonchev–Trinajstić information content (AvgIpc) is 3.27. The summed E-state index contributed by atoms with van der Waals surface area (Å²) in [6, 6.07) is 0. The standard InChI is InChI=1S/C46H89O20P3/c1-3-5-6-7-8-9-10-13-18-21-24-27-30-34-40(49)63-38(35-61-39(48)33-29-26-23-20-17-15-12-11-14-16-19-22-25-28-32-37(47)31-4-2)36-62-69(59,60)66-44-41(50)42(51)45(64-67(53,54)55)46(43(44)52)65-68(56,57)58/h38,41-46,50-52H,3-36H2,1-2H3,(H,59,60)(H2,53,54,55)(H2,56,57,58)/t38-,41-,42+,43?,44?,45?,46-/m1/s1. The number of phosphoric acid groups is 3. The van der Waals surface area contributed by atoms with E-state index in [2.05, 4.69) is 16.0 Å². The van der Waals surface area contributed by atoms with Gasteiger partial charge in [-0.2, -0.15) is 0 Å². The number of aliphatic hydroxyl groups is 3. The molecular weight excluding hydrogens is 965 g/mol. The van der Waals surface area contributed by atoms with E-state index in [1.54, 1.807) is 0 Å². The van der Waals surface area contributed by atoms with Crippen molar-refractivity contribution < 1.29 is 95.4 Å². The van der Waals surface area contributed by atoms with Crippen molar-refractivity contribution in [2.75, 3.05) is 13.2 Å². The van der Waals surface area contributed by atoms with Crippen LogP contribution >= 0.6 is 23.5 Å². The fraction of sp³-hybridized carbons (Fsp3) is 0.935. The van der Waals surface area contributed by atoms with Crippen LogP contribution in [0.5, 0.6) is 0 Å². The van der Waals surface area contributed by atoms with Crippen LogP contribution in [0.25, 0.3) is 0 Å². The van der Waals surface area contributed by atoms with Crippen molar-refractivity contribution in [2.24, 2.45) is 0 Å². The van der Waals surface area contributed by atoms with E-state index in [-0.39, 0.29) is 12.8 Å². The second kappa shape index (κ2) is 38.4. The molecule has 0 heterocycles. The molecule has 1 aliphatic rings. The van der Waals surface area contributed by atoms with Crippen LogP contribution in [0, 0.1) is 0 Å². The van der Waals surface area contributed by atoms with E-state index in [0.717, 1.165) is 83.5 Å². The Morgan fingerprint density at radius 3 is 1.19 bits per heavy atom. The Bertz CT molecular complexity index is 1510. The van der Waals surface area contributed by atoms with Crippen molar-refractivity contribution in [3.05, 3.63) is 0 Å². The van der Waals surface area contributed by atoms with Crippen molar-refractivity contribution in [3.8, 4) is 0 Å². The zero-order valence-corrected chi connectivity index (χ0v) is 44.1. The predicted molar refractivity (Wildman–Crippen MR) is 257 cm³/mol. The van der Waals surface area contributed by atoms with Gasteiger partial charge >= 0.3 is 35.4 Å². The van der Waals surface area contributed by atoms with E-state index in [1.165, 1.54) is 83.5 Å². The van der Waals surface area contributed by atoms with Crippen LogP contribution in [0.2, 0.25) is 0 Å². The fourth-order valence-corrected chi connectivity index (χ4v) is 10.3. The first kappa shape index (κ1) is 65.8. The molecule has 408 valence electrons. The number of carbonyl (C=O) groups is 3. The van der Waals surface area contributed by atoms with E-state index < -0.39 is 91.3 Å². The van der Waals surface area contributed by atoms with E-state index in [1.807, 2.05) is 6.92 Å². The van der Waals surface area contributed by atoms with Gasteiger partial charge in [-0.25, -0.2) is 13.7 Å². The van der Waals surface area contributed by atoms with Crippen LogP contribution in [0.1, 0.15) is 219 Å². The van der Waals surface area contributed by atoms with Gasteiger partial charge in [-0.1, -0.05) is 168 Å². The van der Waals surface area contributed by atoms with Gasteiger partial charge in [-0.05, 0) is 25.7 Å². The monoisotopic (exact) mass is 1050 g/mol. The summed E-state index contributed by atoms with van der Waals surface area (Å²) in [6.45, 7) is 2.74. The summed E-state index contributed by atoms with van der Waals surface area (Å²) in [5, 5.41) is 31.9. The van der Waals surface area contributed by atoms with Gasteiger partial charge in [-0.15, -0.1) is 0 Å². The Morgan fingerprint density at radius 1 is 0.420 bits per heavy atom. The zero-order chi connectivity index (χ0) is 51.6. The molecule has 8 atom stereocenters. The van der Waals surface area contributed by atoms with Gasteiger partial charge in [0.2, 0.25) is 0 Å². The highest BCUT2D eigenvalue weighted by Crippen LogP contribution is 2.51. The molecule has 1 aliphatic carbocycles. The van der Waals surface area contributed by atoms with Crippen molar-refractivity contribution >= 4 is 41.2 Å². The minimum atomic E-state index is -5.60. The predicted octanol–water partition coefficient (Wildman–Crippen LogP) is 9.09. The van der Waals surface area contributed by atoms with Crippen molar-refractivity contribution in [1.82, 2.24) is 0 Å². The average molecular weight is 1060 g/mol. The van der Waals surface area contributed by atoms with E-state index in [4.69, 9.17) is 18.5 Å². The summed E-state index contributed by atoms with van der Waals surface area (Å²) >= 11 is 0. The fourth-order valence-electron chi connectivity index (χ4n) is 8.24. The Hall–Kier alpha value is -1.18. The molecule has 0 saturated heterocycles. The molecule has 1 saturated carbocycles. The van der Waals surface area contributed by atoms with Gasteiger partial charge in [0.25, 0.3) is 0 Å². The second-order valence-electron chi connectivity index (χ2n) is 18.5. The molecule has 4 unspecified atom stereocenters. The third-order valence-corrected chi connectivity index (χ3v) is 14.1. The van der Waals surface area contributed by atoms with Gasteiger partial charge in [0.1, 0.15) is 49.0 Å². The third kappa shape index (κ3) is 34.8. The van der Waals surface area contributed by atoms with Crippen molar-refractivity contribution in [1.29, 1.82) is 0 Å². The number of carbonyl (C=O) groups excluding carboxylic acids is 3. The summed E-state index contributed by atoms with van der Waals surface area (Å²) < 4.78 is 65.5. The van der Waals surface area contributed by atoms with Crippen LogP contribution in [0.15, 0.2) is 0 Å². The van der Waals surface area contributed by atoms with E-state index >= 15 is 0 Å². The number of Topliss-reactive ketones (excluding diaryl/α,β-unsaturated/α-hetero) is 1. The Kier molecular flexibility index (Phi) is 36.6. The number of esters is 2. The highest BCUT2D eigenvalue weighted by Gasteiger charge is 2.56. The van der Waals surface area contributed by atoms with Crippen LogP contribution < -0.4 is 0 Å². The Morgan fingerprint density at radius 2 is 0.783 bits per heavy atom. The number of hydrogen-bond acceptors (Lipinski definition) is 15. The highest BCUT2D eigenvalue weighted by molar-refractivity contribution is 7.47. The largest absolute Gasteiger partial charge is 0.472 e. The molecule has 20 nitrogen and oxygen atoms in total. The molecular formula is C46H89O20P3. The van der Waals surface area contributed by atoms with Gasteiger partial charge < -0.3 is 49.3 Å². The summed E-state index contributed by atoms with van der Waals surface area (Å²) in [5.41, 5.74) is 0. The molecule has 0 radical (unpaired) electrons. The van der Waals surface area contributed by atoms with Crippen molar-refractivity contribution in [3.63, 3.8) is 0 Å². The first-order chi connectivity index (χ1) is 32.7. The molecule has 0 aromatic heterocycles. The first-order valence-corrected chi connectivity index (χ1v) is 30.3. The molecule has 0 amide bonds. The summed E-state index contributed by atoms with van der Waals surface area (Å²) in [7, 11) is -16.6. The lowest BCUT2D eigenvalue weighted by Crippen LogP contribution is -2.65. The number of rotatable bonds is 45. The SMILES string of the molecule is CCCCCCCCCCCCCCCC(=O)O[C@H](COC(=O)CCCCCCCCCCCCCCCCC(=O)CCC)COP(=O)(O)OC1C(O)[C@@H](OP(=O)(O)O)C(OP(=O)(O)O)[C@@H](O)[C@H]1O. The first-order valence-electron chi connectivity index (χ1n) is 25.7. The Labute approximate surface area is 410 Å². The molecule has 23 heteroatoms. The van der Waals surface area contributed by atoms with Crippen LogP contribution in [-0.4, -0.2) is 113 Å². The van der Waals surface area contributed by atoms with Gasteiger partial charge in [0, 0.05) is 25.7 Å². The minimum Gasteiger partial charge on any atom is -0.462 e. The molecule has 69 heavy (non-hydrogen) atoms. The second-order valence-corrected chi connectivity index (χ2v) is 22.2. The summed E-state index contributed by atoms with van der Waals surface area (Å²) in [5.74, 6) is -0.928. The summed E-state index contributed by atoms with van der Waals surface area (Å²) in [4.78, 5) is 84.9. The number of unbranched alkanes of at least 4 members (excludes halogenated alkanes) is 25. The van der Waals surface area contributed by atoms with Crippen LogP contribution in [0.4, 0.5) is 0 Å². The third-order valence-electron chi connectivity index (χ3n) is 12.0. The molecule has 0 aromatic carbocycles. The molecule has 1 fully saturated rings. The maximum atomic E-state index is 13.1. The molecule has 0 spiro atoms. The Balaban J connectivity index is 2.64. The lowest BCUT2D eigenvalue weighted by atomic mass is 9.85. The van der Waals surface area contributed by atoms with E-state index in [9.17, 15) is 67.9 Å². The zero-order valence-electron chi connectivity index (χ0n) is 41.4. The lowest BCUT2D eigenvalue weighted by Gasteiger charge is -2.44. The van der Waals surface area contributed by atoms with Gasteiger partial charge in [0.15, 0.2) is 6.10 Å². The number of phosphoric ester groups is 3. The normalized spacial score (nSPS) is 21.2. The van der Waals surface area contributed by atoms with Gasteiger partial charge in [-0.3, -0.25) is 32.5 Å². The molecule has 8 N–H and O–H groups in total. The maximum Gasteiger partial charge on any atom is 0.472 e. The number of hydrogen-bond donors (Lipinski definition) is 8. The smallest absolute Gasteiger partial charge is 0.462 e. The number of ketones is 1. The summed E-state index contributed by atoms with van der Waals surface area (Å²) in [6.07, 6.45) is 15.2. The molecule has 0 aromatic rings. The number of ether oxygens (including phenoxy) is 2. The minimum absolute atomic E-state index is 0.00318.